The SMILES string of the molecule is O=C(NCc1ccc(N2CCCC2=O)cc1)c1cccc(NC(=O)C2CCCCC2)c1. The van der Waals surface area contributed by atoms with Crippen LogP contribution in [0.2, 0.25) is 0 Å². The molecule has 0 spiro atoms. The molecule has 4 rings (SSSR count). The monoisotopic (exact) mass is 419 g/mol. The molecule has 2 N–H and O–H groups in total. The topological polar surface area (TPSA) is 78.5 Å². The third-order valence-corrected chi connectivity index (χ3v) is 6.14. The second-order valence-corrected chi connectivity index (χ2v) is 8.40. The highest BCUT2D eigenvalue weighted by atomic mass is 16.2. The average Bonchev–Trinajstić information content (AvgIpc) is 3.24. The summed E-state index contributed by atoms with van der Waals surface area (Å²) >= 11 is 0. The van der Waals surface area contributed by atoms with Crippen LogP contribution >= 0.6 is 0 Å². The van der Waals surface area contributed by atoms with Gasteiger partial charge in [0.25, 0.3) is 5.91 Å². The quantitative estimate of drug-likeness (QED) is 0.734. The summed E-state index contributed by atoms with van der Waals surface area (Å²) < 4.78 is 0. The standard InChI is InChI=1S/C25H29N3O3/c29-23-10-5-15-28(23)22-13-11-18(12-14-22)17-26-24(30)20-8-4-9-21(16-20)27-25(31)19-6-2-1-3-7-19/h4,8-9,11-14,16,19H,1-3,5-7,10,15,17H2,(H,26,30)(H,27,31). The molecule has 31 heavy (non-hydrogen) atoms. The van der Waals surface area contributed by atoms with E-state index in [2.05, 4.69) is 10.6 Å². The Bertz CT molecular complexity index is 949. The number of nitrogens with zero attached hydrogens (tertiary/aromatic N) is 1. The molecule has 0 radical (unpaired) electrons. The Balaban J connectivity index is 1.32. The van der Waals surface area contributed by atoms with Crippen LogP contribution in [0.4, 0.5) is 11.4 Å². The molecule has 6 heteroatoms. The average molecular weight is 420 g/mol. The number of amides is 3. The summed E-state index contributed by atoms with van der Waals surface area (Å²) in [5, 5.41) is 5.89. The number of hydrogen-bond donors (Lipinski definition) is 2. The first-order chi connectivity index (χ1) is 15.1. The van der Waals surface area contributed by atoms with Crippen molar-refractivity contribution in [3.05, 3.63) is 59.7 Å². The van der Waals surface area contributed by atoms with Crippen LogP contribution in [0, 0.1) is 5.92 Å². The Morgan fingerprint density at radius 3 is 2.45 bits per heavy atom. The number of benzene rings is 2. The van der Waals surface area contributed by atoms with Gasteiger partial charge in [-0.3, -0.25) is 14.4 Å². The molecule has 2 aromatic rings. The minimum Gasteiger partial charge on any atom is -0.348 e. The zero-order valence-corrected chi connectivity index (χ0v) is 17.7. The minimum atomic E-state index is -0.187. The normalized spacial score (nSPS) is 16.9. The highest BCUT2D eigenvalue weighted by molar-refractivity contribution is 5.98. The van der Waals surface area contributed by atoms with E-state index in [-0.39, 0.29) is 23.6 Å². The fraction of sp³-hybridized carbons (Fsp3) is 0.400. The van der Waals surface area contributed by atoms with E-state index in [1.165, 1.54) is 6.42 Å². The maximum Gasteiger partial charge on any atom is 0.251 e. The highest BCUT2D eigenvalue weighted by Crippen LogP contribution is 2.25. The lowest BCUT2D eigenvalue weighted by molar-refractivity contribution is -0.120. The minimum absolute atomic E-state index is 0.0498. The van der Waals surface area contributed by atoms with Crippen molar-refractivity contribution in [2.24, 2.45) is 5.92 Å². The number of carbonyl (C=O) groups is 3. The van der Waals surface area contributed by atoms with Crippen LogP contribution in [-0.4, -0.2) is 24.3 Å². The van der Waals surface area contributed by atoms with Crippen molar-refractivity contribution < 1.29 is 14.4 Å². The van der Waals surface area contributed by atoms with Gasteiger partial charge < -0.3 is 15.5 Å². The number of hydrogen-bond acceptors (Lipinski definition) is 3. The first-order valence-corrected chi connectivity index (χ1v) is 11.2. The van der Waals surface area contributed by atoms with E-state index in [4.69, 9.17) is 0 Å². The Hall–Kier alpha value is -3.15. The van der Waals surface area contributed by atoms with Crippen LogP contribution in [0.15, 0.2) is 48.5 Å². The lowest BCUT2D eigenvalue weighted by atomic mass is 9.88. The molecule has 1 saturated heterocycles. The largest absolute Gasteiger partial charge is 0.348 e. The van der Waals surface area contributed by atoms with E-state index < -0.39 is 0 Å². The van der Waals surface area contributed by atoms with Gasteiger partial charge in [-0.2, -0.15) is 0 Å². The fourth-order valence-electron chi connectivity index (χ4n) is 4.35. The molecule has 3 amide bonds. The summed E-state index contributed by atoms with van der Waals surface area (Å²) in [6.07, 6.45) is 6.81. The first kappa shape index (κ1) is 21.1. The van der Waals surface area contributed by atoms with Gasteiger partial charge in [-0.1, -0.05) is 37.5 Å². The molecule has 0 atom stereocenters. The summed E-state index contributed by atoms with van der Waals surface area (Å²) in [7, 11) is 0. The summed E-state index contributed by atoms with van der Waals surface area (Å²) in [6.45, 7) is 1.16. The van der Waals surface area contributed by atoms with E-state index in [0.717, 1.165) is 49.9 Å². The van der Waals surface area contributed by atoms with E-state index in [1.807, 2.05) is 30.3 Å². The van der Waals surface area contributed by atoms with Gasteiger partial charge in [-0.15, -0.1) is 0 Å². The second-order valence-electron chi connectivity index (χ2n) is 8.40. The van der Waals surface area contributed by atoms with Gasteiger partial charge in [0.2, 0.25) is 11.8 Å². The second kappa shape index (κ2) is 9.77. The van der Waals surface area contributed by atoms with Gasteiger partial charge in [0, 0.05) is 42.4 Å². The molecule has 162 valence electrons. The van der Waals surface area contributed by atoms with Crippen molar-refractivity contribution in [1.29, 1.82) is 0 Å². The van der Waals surface area contributed by atoms with Crippen molar-refractivity contribution in [3.8, 4) is 0 Å². The predicted molar refractivity (Wildman–Crippen MR) is 121 cm³/mol. The molecule has 0 aromatic heterocycles. The zero-order chi connectivity index (χ0) is 21.6. The number of anilines is 2. The molecule has 1 heterocycles. The van der Waals surface area contributed by atoms with Crippen LogP contribution in [-0.2, 0) is 16.1 Å². The number of rotatable bonds is 6. The molecule has 2 aliphatic rings. The summed E-state index contributed by atoms with van der Waals surface area (Å²) in [5.41, 5.74) is 3.04. The summed E-state index contributed by atoms with van der Waals surface area (Å²) in [4.78, 5) is 38.7. The Labute approximate surface area is 183 Å². The van der Waals surface area contributed by atoms with Crippen molar-refractivity contribution >= 4 is 29.1 Å². The van der Waals surface area contributed by atoms with Gasteiger partial charge in [-0.25, -0.2) is 0 Å². The molecule has 1 aliphatic heterocycles. The van der Waals surface area contributed by atoms with Crippen molar-refractivity contribution in [1.82, 2.24) is 5.32 Å². The fourth-order valence-corrected chi connectivity index (χ4v) is 4.35. The van der Waals surface area contributed by atoms with Gasteiger partial charge >= 0.3 is 0 Å². The number of carbonyl (C=O) groups excluding carboxylic acids is 3. The lowest BCUT2D eigenvalue weighted by Gasteiger charge is -2.20. The predicted octanol–water partition coefficient (Wildman–Crippen LogP) is 4.26. The third-order valence-electron chi connectivity index (χ3n) is 6.14. The maximum absolute atomic E-state index is 12.6. The Morgan fingerprint density at radius 1 is 0.968 bits per heavy atom. The Kier molecular flexibility index (Phi) is 6.65. The van der Waals surface area contributed by atoms with E-state index in [0.29, 0.717) is 24.2 Å². The van der Waals surface area contributed by atoms with Crippen LogP contribution in [0.3, 0.4) is 0 Å². The zero-order valence-electron chi connectivity index (χ0n) is 17.7. The molecule has 0 unspecified atom stereocenters. The molecular weight excluding hydrogens is 390 g/mol. The van der Waals surface area contributed by atoms with E-state index >= 15 is 0 Å². The lowest BCUT2D eigenvalue weighted by Crippen LogP contribution is -2.25. The molecule has 6 nitrogen and oxygen atoms in total. The van der Waals surface area contributed by atoms with Crippen LogP contribution in [0.5, 0.6) is 0 Å². The highest BCUT2D eigenvalue weighted by Gasteiger charge is 2.22. The number of nitrogens with one attached hydrogen (secondary N) is 2. The van der Waals surface area contributed by atoms with Crippen LogP contribution < -0.4 is 15.5 Å². The molecule has 2 fully saturated rings. The Morgan fingerprint density at radius 2 is 1.74 bits per heavy atom. The smallest absolute Gasteiger partial charge is 0.251 e. The van der Waals surface area contributed by atoms with Gasteiger partial charge in [-0.05, 0) is 55.2 Å². The molecule has 2 aromatic carbocycles. The van der Waals surface area contributed by atoms with Crippen LogP contribution in [0.25, 0.3) is 0 Å². The van der Waals surface area contributed by atoms with Crippen molar-refractivity contribution in [2.45, 2.75) is 51.5 Å². The van der Waals surface area contributed by atoms with E-state index in [9.17, 15) is 14.4 Å². The molecule has 1 saturated carbocycles. The molecule has 1 aliphatic carbocycles. The van der Waals surface area contributed by atoms with Gasteiger partial charge in [0.1, 0.15) is 0 Å². The summed E-state index contributed by atoms with van der Waals surface area (Å²) in [5.74, 6) is 0.1000. The third kappa shape index (κ3) is 5.32. The molecular formula is C25H29N3O3. The van der Waals surface area contributed by atoms with Gasteiger partial charge in [0.05, 0.1) is 0 Å². The maximum atomic E-state index is 12.6. The van der Waals surface area contributed by atoms with Crippen LogP contribution in [0.1, 0.15) is 60.9 Å². The van der Waals surface area contributed by atoms with Crippen molar-refractivity contribution in [3.63, 3.8) is 0 Å². The van der Waals surface area contributed by atoms with Gasteiger partial charge in [0.15, 0.2) is 0 Å². The van der Waals surface area contributed by atoms with E-state index in [1.54, 1.807) is 23.1 Å². The summed E-state index contributed by atoms with van der Waals surface area (Å²) in [6, 6.07) is 14.8. The van der Waals surface area contributed by atoms with Crippen molar-refractivity contribution in [2.75, 3.05) is 16.8 Å². The molecule has 0 bridgehead atoms. The first-order valence-electron chi connectivity index (χ1n) is 11.2.